The molecule has 1 amide bonds. The van der Waals surface area contributed by atoms with E-state index >= 15 is 0 Å². The highest BCUT2D eigenvalue weighted by Crippen LogP contribution is 2.28. The number of hydrogen-bond donors (Lipinski definition) is 1. The van der Waals surface area contributed by atoms with Crippen molar-refractivity contribution < 1.29 is 9.53 Å². The maximum absolute atomic E-state index is 13.5. The molecule has 35 heavy (non-hydrogen) atoms. The third-order valence-electron chi connectivity index (χ3n) is 6.88. The van der Waals surface area contributed by atoms with Gasteiger partial charge in [-0.1, -0.05) is 30.2 Å². The summed E-state index contributed by atoms with van der Waals surface area (Å²) >= 11 is 6.24. The van der Waals surface area contributed by atoms with Crippen LogP contribution in [0.25, 0.3) is 16.8 Å². The monoisotopic (exact) mass is 496 g/mol. The van der Waals surface area contributed by atoms with Crippen LogP contribution in [0.15, 0.2) is 47.5 Å². The van der Waals surface area contributed by atoms with Crippen molar-refractivity contribution in [1.82, 2.24) is 19.2 Å². The van der Waals surface area contributed by atoms with Crippen LogP contribution in [0.3, 0.4) is 0 Å². The van der Waals surface area contributed by atoms with Crippen LogP contribution in [0.2, 0.25) is 5.02 Å². The van der Waals surface area contributed by atoms with Crippen LogP contribution < -0.4 is 15.6 Å². The summed E-state index contributed by atoms with van der Waals surface area (Å²) in [6.07, 6.45) is 10.9. The number of amides is 1. The van der Waals surface area contributed by atoms with Crippen LogP contribution >= 0.6 is 11.6 Å². The van der Waals surface area contributed by atoms with Gasteiger partial charge in [0.2, 0.25) is 5.91 Å². The van der Waals surface area contributed by atoms with E-state index in [1.807, 2.05) is 30.6 Å². The molecule has 3 heterocycles. The van der Waals surface area contributed by atoms with E-state index in [1.165, 1.54) is 36.9 Å². The molecule has 2 fully saturated rings. The number of carbonyl (C=O) groups excluding carboxylic acids is 1. The van der Waals surface area contributed by atoms with Crippen LogP contribution in [0.5, 0.6) is 5.75 Å². The molecule has 1 aliphatic carbocycles. The van der Waals surface area contributed by atoms with Crippen LogP contribution in [-0.2, 0) is 11.3 Å². The molecular formula is C27H33ClN4O3. The van der Waals surface area contributed by atoms with Crippen LogP contribution in [-0.4, -0.2) is 52.6 Å². The molecule has 7 nitrogen and oxygen atoms in total. The van der Waals surface area contributed by atoms with Gasteiger partial charge in [-0.3, -0.25) is 14.2 Å². The van der Waals surface area contributed by atoms with E-state index in [4.69, 9.17) is 16.3 Å². The molecule has 186 valence electrons. The summed E-state index contributed by atoms with van der Waals surface area (Å²) in [4.78, 5) is 28.7. The molecule has 1 aromatic carbocycles. The number of ether oxygens (including phenoxy) is 1. The Hall–Kier alpha value is -2.77. The van der Waals surface area contributed by atoms with E-state index in [1.54, 1.807) is 16.5 Å². The lowest BCUT2D eigenvalue weighted by molar-refractivity contribution is -0.121. The first kappa shape index (κ1) is 23.9. The van der Waals surface area contributed by atoms with Crippen molar-refractivity contribution in [3.63, 3.8) is 0 Å². The van der Waals surface area contributed by atoms with Gasteiger partial charge in [-0.25, -0.2) is 0 Å². The average molecular weight is 497 g/mol. The zero-order valence-electron chi connectivity index (χ0n) is 20.0. The van der Waals surface area contributed by atoms with Crippen molar-refractivity contribution in [3.8, 4) is 17.0 Å². The van der Waals surface area contributed by atoms with Crippen molar-refractivity contribution in [2.24, 2.45) is 5.92 Å². The van der Waals surface area contributed by atoms with E-state index in [2.05, 4.69) is 10.2 Å². The summed E-state index contributed by atoms with van der Waals surface area (Å²) < 4.78 is 9.32. The highest BCUT2D eigenvalue weighted by molar-refractivity contribution is 6.30. The summed E-state index contributed by atoms with van der Waals surface area (Å²) in [7, 11) is 0. The number of fused-ring (bicyclic) bond motifs is 1. The van der Waals surface area contributed by atoms with Crippen LogP contribution in [0, 0.1) is 5.92 Å². The first-order valence-corrected chi connectivity index (χ1v) is 13.1. The first-order valence-electron chi connectivity index (χ1n) is 12.7. The lowest BCUT2D eigenvalue weighted by atomic mass is 10.1. The van der Waals surface area contributed by atoms with Gasteiger partial charge in [-0.2, -0.15) is 0 Å². The Morgan fingerprint density at radius 1 is 1.11 bits per heavy atom. The fraction of sp³-hybridized carbons (Fsp3) is 0.481. The minimum absolute atomic E-state index is 0.0406. The predicted molar refractivity (Wildman–Crippen MR) is 138 cm³/mol. The summed E-state index contributed by atoms with van der Waals surface area (Å²) in [5.74, 6) is 1.08. The van der Waals surface area contributed by atoms with E-state index in [0.717, 1.165) is 31.4 Å². The van der Waals surface area contributed by atoms with Gasteiger partial charge in [0.05, 0.1) is 18.5 Å². The Balaban J connectivity index is 1.36. The number of aromatic nitrogens is 2. The second-order valence-electron chi connectivity index (χ2n) is 9.74. The fourth-order valence-corrected chi connectivity index (χ4v) is 4.93. The number of hydrogen-bond acceptors (Lipinski definition) is 4. The third kappa shape index (κ3) is 6.08. The molecule has 3 aromatic rings. The van der Waals surface area contributed by atoms with Crippen LogP contribution in [0.4, 0.5) is 0 Å². The number of piperidine rings is 1. The molecule has 1 aliphatic heterocycles. The SMILES string of the molecule is O=C(Cn1c(-c2cccc(Cl)c2)cn2cc(OCCCN3CCCCC3)cc2c1=O)NCC1CC1. The zero-order valence-corrected chi connectivity index (χ0v) is 20.8. The highest BCUT2D eigenvalue weighted by Gasteiger charge is 2.22. The highest BCUT2D eigenvalue weighted by atomic mass is 35.5. The minimum atomic E-state index is -0.229. The first-order chi connectivity index (χ1) is 17.1. The fourth-order valence-electron chi connectivity index (χ4n) is 4.74. The summed E-state index contributed by atoms with van der Waals surface area (Å²) in [6, 6.07) is 9.11. The van der Waals surface area contributed by atoms with Gasteiger partial charge in [-0.05, 0) is 63.2 Å². The molecule has 0 atom stereocenters. The molecule has 5 rings (SSSR count). The number of benzene rings is 1. The molecule has 8 heteroatoms. The second-order valence-corrected chi connectivity index (χ2v) is 10.2. The van der Waals surface area contributed by atoms with E-state index in [9.17, 15) is 9.59 Å². The Morgan fingerprint density at radius 3 is 2.71 bits per heavy atom. The van der Waals surface area contributed by atoms with Gasteiger partial charge >= 0.3 is 0 Å². The Kier molecular flexibility index (Phi) is 7.44. The van der Waals surface area contributed by atoms with Gasteiger partial charge in [0.15, 0.2) is 0 Å². The number of rotatable bonds is 10. The molecular weight excluding hydrogens is 464 g/mol. The second kappa shape index (κ2) is 10.9. The smallest absolute Gasteiger partial charge is 0.275 e. The number of likely N-dealkylation sites (tertiary alicyclic amines) is 1. The number of nitrogens with zero attached hydrogens (tertiary/aromatic N) is 3. The Bertz CT molecular complexity index is 1240. The average Bonchev–Trinajstić information content (AvgIpc) is 3.60. The number of nitrogens with one attached hydrogen (secondary N) is 1. The van der Waals surface area contributed by atoms with E-state index in [-0.39, 0.29) is 18.0 Å². The topological polar surface area (TPSA) is 68.0 Å². The summed E-state index contributed by atoms with van der Waals surface area (Å²) in [5.41, 5.74) is 1.67. The maximum Gasteiger partial charge on any atom is 0.275 e. The minimum Gasteiger partial charge on any atom is -0.492 e. The van der Waals surface area contributed by atoms with Crippen molar-refractivity contribution >= 4 is 23.0 Å². The lowest BCUT2D eigenvalue weighted by Gasteiger charge is -2.26. The van der Waals surface area contributed by atoms with Gasteiger partial charge in [0.25, 0.3) is 5.56 Å². The molecule has 2 aromatic heterocycles. The predicted octanol–water partition coefficient (Wildman–Crippen LogP) is 4.20. The molecule has 1 saturated carbocycles. The quantitative estimate of drug-likeness (QED) is 0.427. The number of carbonyl (C=O) groups is 1. The van der Waals surface area contributed by atoms with Gasteiger partial charge in [0, 0.05) is 35.9 Å². The van der Waals surface area contributed by atoms with E-state index in [0.29, 0.717) is 41.1 Å². The molecule has 0 unspecified atom stereocenters. The summed E-state index contributed by atoms with van der Waals surface area (Å²) in [5, 5.41) is 3.54. The Morgan fingerprint density at radius 2 is 1.94 bits per heavy atom. The largest absolute Gasteiger partial charge is 0.492 e. The van der Waals surface area contributed by atoms with Gasteiger partial charge in [0.1, 0.15) is 17.8 Å². The van der Waals surface area contributed by atoms with Gasteiger partial charge in [-0.15, -0.1) is 0 Å². The van der Waals surface area contributed by atoms with Crippen LogP contribution in [0.1, 0.15) is 38.5 Å². The summed E-state index contributed by atoms with van der Waals surface area (Å²) in [6.45, 7) is 4.62. The molecule has 0 radical (unpaired) electrons. The van der Waals surface area contributed by atoms with Crippen molar-refractivity contribution in [2.75, 3.05) is 32.8 Å². The standard InChI is InChI=1S/C27H33ClN4O3/c28-22-7-4-6-21(14-22)25-18-31-17-23(35-13-5-12-30-10-2-1-3-11-30)15-24(31)27(34)32(25)19-26(33)29-16-20-8-9-20/h4,6-7,14-15,17-18,20H,1-3,5,8-13,16,19H2,(H,29,33). The normalized spacial score (nSPS) is 16.5. The third-order valence-corrected chi connectivity index (χ3v) is 7.12. The van der Waals surface area contributed by atoms with Crippen molar-refractivity contribution in [3.05, 3.63) is 58.1 Å². The molecule has 1 N–H and O–H groups in total. The number of halogens is 1. The lowest BCUT2D eigenvalue weighted by Crippen LogP contribution is -2.34. The van der Waals surface area contributed by atoms with Gasteiger partial charge < -0.3 is 19.4 Å². The molecule has 1 saturated heterocycles. The zero-order chi connectivity index (χ0) is 24.2. The van der Waals surface area contributed by atoms with Crippen molar-refractivity contribution in [1.29, 1.82) is 0 Å². The Labute approximate surface area is 210 Å². The van der Waals surface area contributed by atoms with Crippen molar-refractivity contribution in [2.45, 2.75) is 45.1 Å². The molecule has 0 spiro atoms. The maximum atomic E-state index is 13.5. The molecule has 2 aliphatic rings. The molecule has 0 bridgehead atoms. The van der Waals surface area contributed by atoms with E-state index < -0.39 is 0 Å².